The second-order valence-electron chi connectivity index (χ2n) is 6.85. The summed E-state index contributed by atoms with van der Waals surface area (Å²) in [6.45, 7) is 2.35. The average Bonchev–Trinajstić information content (AvgIpc) is 3.20. The molecule has 1 unspecified atom stereocenters. The standard InChI is InChI=1S/C22H28N2O2.ClH/c25-22(13-10-20-7-4-15-23-20)24-16-14-18-8-11-21(12-9-18)26-17-19-5-2-1-3-6-19;/h1-3,5-6,8-9,11-12,20,23H,4,7,10,13-17H2,(H,24,25);1H. The molecule has 146 valence electrons. The summed E-state index contributed by atoms with van der Waals surface area (Å²) in [5.74, 6) is 1.02. The first-order valence-corrected chi connectivity index (χ1v) is 9.55. The first-order chi connectivity index (χ1) is 12.8. The van der Waals surface area contributed by atoms with Crippen molar-refractivity contribution in [3.63, 3.8) is 0 Å². The smallest absolute Gasteiger partial charge is 0.220 e. The Morgan fingerprint density at radius 2 is 1.85 bits per heavy atom. The molecule has 1 amide bonds. The summed E-state index contributed by atoms with van der Waals surface area (Å²) in [5.41, 5.74) is 2.36. The zero-order valence-corrected chi connectivity index (χ0v) is 16.5. The fourth-order valence-corrected chi connectivity index (χ4v) is 3.24. The first kappa shape index (κ1) is 21.3. The SMILES string of the molecule is Cl.O=C(CCC1CCCN1)NCCc1ccc(OCc2ccccc2)cc1. The van der Waals surface area contributed by atoms with Gasteiger partial charge in [-0.25, -0.2) is 0 Å². The van der Waals surface area contributed by atoms with E-state index < -0.39 is 0 Å². The molecule has 2 aromatic carbocycles. The molecule has 5 heteroatoms. The maximum Gasteiger partial charge on any atom is 0.220 e. The van der Waals surface area contributed by atoms with Crippen molar-refractivity contribution < 1.29 is 9.53 Å². The van der Waals surface area contributed by atoms with Crippen LogP contribution in [-0.4, -0.2) is 25.0 Å². The molecule has 0 saturated carbocycles. The average molecular weight is 389 g/mol. The second kappa shape index (κ2) is 11.6. The van der Waals surface area contributed by atoms with Crippen LogP contribution in [0.3, 0.4) is 0 Å². The lowest BCUT2D eigenvalue weighted by atomic mass is 10.1. The van der Waals surface area contributed by atoms with E-state index in [4.69, 9.17) is 4.74 Å². The summed E-state index contributed by atoms with van der Waals surface area (Å²) in [6, 6.07) is 18.8. The van der Waals surface area contributed by atoms with Gasteiger partial charge in [-0.1, -0.05) is 42.5 Å². The molecule has 1 fully saturated rings. The summed E-state index contributed by atoms with van der Waals surface area (Å²) in [6.07, 6.45) is 4.83. The Hall–Kier alpha value is -2.04. The Bertz CT molecular complexity index is 670. The molecule has 0 bridgehead atoms. The fraction of sp³-hybridized carbons (Fsp3) is 0.409. The number of amides is 1. The van der Waals surface area contributed by atoms with Crippen molar-refractivity contribution in [3.8, 4) is 5.75 Å². The predicted molar refractivity (Wildman–Crippen MR) is 111 cm³/mol. The number of benzene rings is 2. The fourth-order valence-electron chi connectivity index (χ4n) is 3.24. The van der Waals surface area contributed by atoms with Crippen molar-refractivity contribution >= 4 is 18.3 Å². The summed E-state index contributed by atoms with van der Waals surface area (Å²) in [7, 11) is 0. The third-order valence-electron chi connectivity index (χ3n) is 4.79. The molecule has 0 aliphatic carbocycles. The minimum absolute atomic E-state index is 0. The molecule has 0 spiro atoms. The highest BCUT2D eigenvalue weighted by Crippen LogP contribution is 2.14. The van der Waals surface area contributed by atoms with E-state index in [1.165, 1.54) is 18.4 Å². The Labute approximate surface area is 168 Å². The maximum atomic E-state index is 11.9. The normalized spacial score (nSPS) is 15.8. The van der Waals surface area contributed by atoms with Crippen LogP contribution in [0.5, 0.6) is 5.75 Å². The van der Waals surface area contributed by atoms with Gasteiger partial charge in [0.2, 0.25) is 5.91 Å². The van der Waals surface area contributed by atoms with Gasteiger partial charge in [-0.3, -0.25) is 4.79 Å². The monoisotopic (exact) mass is 388 g/mol. The highest BCUT2D eigenvalue weighted by atomic mass is 35.5. The number of carbonyl (C=O) groups excluding carboxylic acids is 1. The number of halogens is 1. The van der Waals surface area contributed by atoms with Crippen molar-refractivity contribution in [2.45, 2.75) is 44.8 Å². The molecule has 2 aromatic rings. The van der Waals surface area contributed by atoms with Crippen LogP contribution >= 0.6 is 12.4 Å². The highest BCUT2D eigenvalue weighted by Gasteiger charge is 2.14. The lowest BCUT2D eigenvalue weighted by molar-refractivity contribution is -0.121. The molecule has 1 atom stereocenters. The Morgan fingerprint density at radius 1 is 1.07 bits per heavy atom. The predicted octanol–water partition coefficient (Wildman–Crippen LogP) is 3.88. The third kappa shape index (κ3) is 7.61. The molecule has 27 heavy (non-hydrogen) atoms. The Balaban J connectivity index is 0.00000261. The molecule has 4 nitrogen and oxygen atoms in total. The zero-order chi connectivity index (χ0) is 18.0. The maximum absolute atomic E-state index is 11.9. The second-order valence-corrected chi connectivity index (χ2v) is 6.85. The number of ether oxygens (including phenoxy) is 1. The van der Waals surface area contributed by atoms with Crippen molar-refractivity contribution in [1.82, 2.24) is 10.6 Å². The van der Waals surface area contributed by atoms with Crippen LogP contribution in [0.15, 0.2) is 54.6 Å². The zero-order valence-electron chi connectivity index (χ0n) is 15.7. The van der Waals surface area contributed by atoms with E-state index in [-0.39, 0.29) is 18.3 Å². The van der Waals surface area contributed by atoms with Crippen LogP contribution < -0.4 is 15.4 Å². The molecule has 3 rings (SSSR count). The number of hydrogen-bond donors (Lipinski definition) is 2. The Morgan fingerprint density at radius 3 is 2.56 bits per heavy atom. The van der Waals surface area contributed by atoms with Crippen LogP contribution in [0.4, 0.5) is 0 Å². The first-order valence-electron chi connectivity index (χ1n) is 9.55. The van der Waals surface area contributed by atoms with E-state index in [1.54, 1.807) is 0 Å². The van der Waals surface area contributed by atoms with Gasteiger partial charge in [0.05, 0.1) is 0 Å². The van der Waals surface area contributed by atoms with E-state index in [2.05, 4.69) is 34.9 Å². The lowest BCUT2D eigenvalue weighted by Gasteiger charge is -2.10. The van der Waals surface area contributed by atoms with Crippen molar-refractivity contribution in [3.05, 3.63) is 65.7 Å². The van der Waals surface area contributed by atoms with Crippen molar-refractivity contribution in [2.75, 3.05) is 13.1 Å². The van der Waals surface area contributed by atoms with Crippen LogP contribution in [0.2, 0.25) is 0 Å². The van der Waals surface area contributed by atoms with Crippen LogP contribution in [-0.2, 0) is 17.8 Å². The molecule has 0 aromatic heterocycles. The topological polar surface area (TPSA) is 50.4 Å². The molecule has 0 radical (unpaired) electrons. The summed E-state index contributed by atoms with van der Waals surface area (Å²) >= 11 is 0. The van der Waals surface area contributed by atoms with Gasteiger partial charge in [0.1, 0.15) is 12.4 Å². The molecular weight excluding hydrogens is 360 g/mol. The van der Waals surface area contributed by atoms with Gasteiger partial charge in [0.15, 0.2) is 0 Å². The van der Waals surface area contributed by atoms with Crippen LogP contribution in [0.25, 0.3) is 0 Å². The van der Waals surface area contributed by atoms with Crippen molar-refractivity contribution in [1.29, 1.82) is 0 Å². The lowest BCUT2D eigenvalue weighted by Crippen LogP contribution is -2.28. The minimum Gasteiger partial charge on any atom is -0.489 e. The third-order valence-corrected chi connectivity index (χ3v) is 4.79. The van der Waals surface area contributed by atoms with E-state index in [0.717, 1.165) is 30.7 Å². The van der Waals surface area contributed by atoms with Gasteiger partial charge in [0, 0.05) is 19.0 Å². The van der Waals surface area contributed by atoms with E-state index in [9.17, 15) is 4.79 Å². The van der Waals surface area contributed by atoms with E-state index in [0.29, 0.717) is 25.6 Å². The molecule has 1 saturated heterocycles. The molecule has 1 aliphatic rings. The minimum atomic E-state index is 0. The highest BCUT2D eigenvalue weighted by molar-refractivity contribution is 5.85. The van der Waals surface area contributed by atoms with Crippen LogP contribution in [0.1, 0.15) is 36.8 Å². The van der Waals surface area contributed by atoms with E-state index >= 15 is 0 Å². The summed E-state index contributed by atoms with van der Waals surface area (Å²) in [4.78, 5) is 11.9. The quantitative estimate of drug-likeness (QED) is 0.685. The largest absolute Gasteiger partial charge is 0.489 e. The van der Waals surface area contributed by atoms with Gasteiger partial charge in [0.25, 0.3) is 0 Å². The van der Waals surface area contributed by atoms with Gasteiger partial charge >= 0.3 is 0 Å². The summed E-state index contributed by atoms with van der Waals surface area (Å²) in [5, 5.41) is 6.45. The molecule has 1 aliphatic heterocycles. The number of nitrogens with one attached hydrogen (secondary N) is 2. The van der Waals surface area contributed by atoms with Crippen LogP contribution in [0, 0.1) is 0 Å². The molecular formula is C22H29ClN2O2. The van der Waals surface area contributed by atoms with Gasteiger partial charge in [-0.15, -0.1) is 12.4 Å². The van der Waals surface area contributed by atoms with E-state index in [1.807, 2.05) is 30.3 Å². The van der Waals surface area contributed by atoms with Crippen molar-refractivity contribution in [2.24, 2.45) is 0 Å². The molecule has 2 N–H and O–H groups in total. The number of carbonyl (C=O) groups is 1. The van der Waals surface area contributed by atoms with Gasteiger partial charge in [-0.05, 0) is 55.5 Å². The molecule has 1 heterocycles. The number of hydrogen-bond acceptors (Lipinski definition) is 3. The number of rotatable bonds is 9. The Kier molecular flexibility index (Phi) is 9.16. The van der Waals surface area contributed by atoms with Gasteiger partial charge in [-0.2, -0.15) is 0 Å². The van der Waals surface area contributed by atoms with Gasteiger partial charge < -0.3 is 15.4 Å². The summed E-state index contributed by atoms with van der Waals surface area (Å²) < 4.78 is 5.79.